The number of hydrogen-bond donors (Lipinski definition) is 3. The molecule has 0 saturated heterocycles. The maximum Gasteiger partial charge on any atom is 0.255 e. The molecule has 0 fully saturated rings. The van der Waals surface area contributed by atoms with Crippen LogP contribution < -0.4 is 5.56 Å². The molecular weight excluding hydrogens is 345 g/mol. The van der Waals surface area contributed by atoms with Crippen LogP contribution in [0.3, 0.4) is 0 Å². The Bertz CT molecular complexity index is 847. The molecule has 0 amide bonds. The second kappa shape index (κ2) is 6.04. The van der Waals surface area contributed by atoms with Crippen molar-refractivity contribution >= 4 is 35.4 Å². The van der Waals surface area contributed by atoms with Crippen LogP contribution in [0.1, 0.15) is 16.8 Å². The Morgan fingerprint density at radius 2 is 2.09 bits per heavy atom. The molecule has 2 aromatic rings. The Kier molecular flexibility index (Phi) is 4.27. The number of benzene rings is 1. The van der Waals surface area contributed by atoms with E-state index in [9.17, 15) is 9.90 Å². The van der Waals surface area contributed by atoms with Crippen LogP contribution >= 0.6 is 35.4 Å². The molecule has 1 aromatic carbocycles. The van der Waals surface area contributed by atoms with Gasteiger partial charge in [-0.1, -0.05) is 23.2 Å². The van der Waals surface area contributed by atoms with E-state index in [4.69, 9.17) is 35.4 Å². The number of phenolic OH excluding ortho intramolecular Hbond substituents is 1. The summed E-state index contributed by atoms with van der Waals surface area (Å²) in [4.78, 5) is 19.6. The summed E-state index contributed by atoms with van der Waals surface area (Å²) in [5, 5.41) is 10.7. The normalized spacial score (nSPS) is 14.8. The van der Waals surface area contributed by atoms with Gasteiger partial charge in [0.05, 0.1) is 5.02 Å². The summed E-state index contributed by atoms with van der Waals surface area (Å²) in [5.41, 5.74) is 2.07. The van der Waals surface area contributed by atoms with Crippen LogP contribution in [0.2, 0.25) is 10.0 Å². The van der Waals surface area contributed by atoms with E-state index in [1.54, 1.807) is 6.07 Å². The highest BCUT2D eigenvalue weighted by Crippen LogP contribution is 2.32. The van der Waals surface area contributed by atoms with Crippen molar-refractivity contribution in [2.75, 3.05) is 6.54 Å². The molecule has 2 heterocycles. The van der Waals surface area contributed by atoms with Gasteiger partial charge >= 0.3 is 0 Å². The fraction of sp³-hybridized carbons (Fsp3) is 0.286. The standard InChI is InChI=1S/C14H13Cl2N3O2S/c15-8-3-7(12(20)10(16)4-8)5-19-2-1-9-11(6-19)17-14(22)18-13(9)21/h3-4,20H,1-2,5-6H2,(H2,17,18,21,22). The molecule has 8 heteroatoms. The first kappa shape index (κ1) is 15.6. The molecule has 0 atom stereocenters. The maximum absolute atomic E-state index is 11.9. The Hall–Kier alpha value is -1.34. The van der Waals surface area contributed by atoms with Crippen molar-refractivity contribution in [2.24, 2.45) is 0 Å². The third-order valence-electron chi connectivity index (χ3n) is 3.69. The molecule has 0 radical (unpaired) electrons. The van der Waals surface area contributed by atoms with Gasteiger partial charge < -0.3 is 10.1 Å². The molecule has 0 aliphatic carbocycles. The summed E-state index contributed by atoms with van der Waals surface area (Å²) in [6, 6.07) is 3.20. The highest BCUT2D eigenvalue weighted by Gasteiger charge is 2.21. The number of aromatic amines is 2. The highest BCUT2D eigenvalue weighted by molar-refractivity contribution is 7.71. The fourth-order valence-electron chi connectivity index (χ4n) is 2.65. The van der Waals surface area contributed by atoms with Gasteiger partial charge in [0.25, 0.3) is 5.56 Å². The van der Waals surface area contributed by atoms with E-state index in [2.05, 4.69) is 14.9 Å². The lowest BCUT2D eigenvalue weighted by Gasteiger charge is -2.28. The van der Waals surface area contributed by atoms with Gasteiger partial charge in [-0.25, -0.2) is 0 Å². The van der Waals surface area contributed by atoms with E-state index in [1.165, 1.54) is 6.07 Å². The number of rotatable bonds is 2. The number of hydrogen-bond acceptors (Lipinski definition) is 4. The number of aromatic hydroxyl groups is 1. The van der Waals surface area contributed by atoms with Crippen molar-refractivity contribution in [2.45, 2.75) is 19.5 Å². The third-order valence-corrected chi connectivity index (χ3v) is 4.40. The number of H-pyrrole nitrogens is 2. The third kappa shape index (κ3) is 3.05. The van der Waals surface area contributed by atoms with Crippen LogP contribution in [0, 0.1) is 4.77 Å². The van der Waals surface area contributed by atoms with Gasteiger partial charge in [0, 0.05) is 41.5 Å². The monoisotopic (exact) mass is 357 g/mol. The second-order valence-electron chi connectivity index (χ2n) is 5.22. The van der Waals surface area contributed by atoms with E-state index >= 15 is 0 Å². The zero-order chi connectivity index (χ0) is 15.9. The summed E-state index contributed by atoms with van der Waals surface area (Å²) in [6.45, 7) is 1.73. The summed E-state index contributed by atoms with van der Waals surface area (Å²) >= 11 is 16.9. The highest BCUT2D eigenvalue weighted by atomic mass is 35.5. The number of nitrogens with one attached hydrogen (secondary N) is 2. The molecule has 116 valence electrons. The Balaban J connectivity index is 1.87. The molecule has 1 aromatic heterocycles. The van der Waals surface area contributed by atoms with Gasteiger partial charge in [-0.2, -0.15) is 0 Å². The van der Waals surface area contributed by atoms with Gasteiger partial charge in [-0.3, -0.25) is 14.7 Å². The minimum atomic E-state index is -0.132. The Morgan fingerprint density at radius 1 is 1.32 bits per heavy atom. The quantitative estimate of drug-likeness (QED) is 0.722. The molecule has 22 heavy (non-hydrogen) atoms. The molecular formula is C14H13Cl2N3O2S. The smallest absolute Gasteiger partial charge is 0.255 e. The van der Waals surface area contributed by atoms with Crippen LogP contribution in [0.4, 0.5) is 0 Å². The summed E-state index contributed by atoms with van der Waals surface area (Å²) in [6.07, 6.45) is 0.617. The van der Waals surface area contributed by atoms with Crippen molar-refractivity contribution < 1.29 is 5.11 Å². The largest absolute Gasteiger partial charge is 0.506 e. The molecule has 0 unspecified atom stereocenters. The van der Waals surface area contributed by atoms with Gasteiger partial charge in [-0.15, -0.1) is 0 Å². The lowest BCUT2D eigenvalue weighted by Crippen LogP contribution is -2.34. The SMILES string of the molecule is O=c1[nH]c(=S)[nH]c2c1CCN(Cc1cc(Cl)cc(Cl)c1O)C2. The first-order valence-electron chi connectivity index (χ1n) is 6.67. The second-order valence-corrected chi connectivity index (χ2v) is 6.47. The summed E-state index contributed by atoms with van der Waals surface area (Å²) < 4.78 is 0.319. The number of aromatic nitrogens is 2. The predicted octanol–water partition coefficient (Wildman–Crippen LogP) is 3.00. The van der Waals surface area contributed by atoms with Crippen molar-refractivity contribution in [3.05, 3.63) is 54.1 Å². The molecule has 1 aliphatic rings. The zero-order valence-corrected chi connectivity index (χ0v) is 13.8. The van der Waals surface area contributed by atoms with E-state index in [0.717, 1.165) is 11.3 Å². The topological polar surface area (TPSA) is 72.1 Å². The van der Waals surface area contributed by atoms with Crippen LogP contribution in [0.25, 0.3) is 0 Å². The molecule has 3 rings (SSSR count). The van der Waals surface area contributed by atoms with Gasteiger partial charge in [0.1, 0.15) is 5.75 Å². The first-order chi connectivity index (χ1) is 10.4. The lowest BCUT2D eigenvalue weighted by atomic mass is 10.1. The predicted molar refractivity (Wildman–Crippen MR) is 88.2 cm³/mol. The van der Waals surface area contributed by atoms with E-state index in [-0.39, 0.29) is 16.3 Å². The maximum atomic E-state index is 11.9. The lowest BCUT2D eigenvalue weighted by molar-refractivity contribution is 0.237. The van der Waals surface area contributed by atoms with Crippen LogP contribution in [-0.4, -0.2) is 26.5 Å². The summed E-state index contributed by atoms with van der Waals surface area (Å²) in [7, 11) is 0. The number of nitrogens with zero attached hydrogens (tertiary/aromatic N) is 1. The minimum Gasteiger partial charge on any atom is -0.506 e. The molecule has 5 nitrogen and oxygen atoms in total. The summed E-state index contributed by atoms with van der Waals surface area (Å²) in [5.74, 6) is 0.0377. The van der Waals surface area contributed by atoms with Gasteiger partial charge in [0.2, 0.25) is 0 Å². The Morgan fingerprint density at radius 3 is 2.86 bits per heavy atom. The van der Waals surface area contributed by atoms with Crippen LogP contribution in [-0.2, 0) is 19.5 Å². The van der Waals surface area contributed by atoms with Crippen molar-refractivity contribution in [3.63, 3.8) is 0 Å². The van der Waals surface area contributed by atoms with Crippen LogP contribution in [0.5, 0.6) is 5.75 Å². The first-order valence-corrected chi connectivity index (χ1v) is 7.84. The van der Waals surface area contributed by atoms with Crippen molar-refractivity contribution in [1.82, 2.24) is 14.9 Å². The number of phenols is 1. The van der Waals surface area contributed by atoms with E-state index in [1.807, 2.05) is 0 Å². The van der Waals surface area contributed by atoms with Crippen molar-refractivity contribution in [3.8, 4) is 5.75 Å². The minimum absolute atomic E-state index is 0.0377. The van der Waals surface area contributed by atoms with E-state index in [0.29, 0.717) is 41.4 Å². The fourth-order valence-corrected chi connectivity index (χ4v) is 3.40. The Labute approximate surface area is 141 Å². The van der Waals surface area contributed by atoms with Crippen molar-refractivity contribution in [1.29, 1.82) is 0 Å². The number of halogens is 2. The average molecular weight is 358 g/mol. The van der Waals surface area contributed by atoms with Gasteiger partial charge in [0.15, 0.2) is 4.77 Å². The average Bonchev–Trinajstić information content (AvgIpc) is 2.43. The molecule has 0 saturated carbocycles. The van der Waals surface area contributed by atoms with Crippen LogP contribution in [0.15, 0.2) is 16.9 Å². The zero-order valence-electron chi connectivity index (χ0n) is 11.4. The number of fused-ring (bicyclic) bond motifs is 1. The molecule has 0 bridgehead atoms. The van der Waals surface area contributed by atoms with E-state index < -0.39 is 0 Å². The molecule has 3 N–H and O–H groups in total. The molecule has 0 spiro atoms. The van der Waals surface area contributed by atoms with Gasteiger partial charge in [-0.05, 0) is 30.8 Å². The molecule has 1 aliphatic heterocycles.